The minimum absolute atomic E-state index is 0.0775. The van der Waals surface area contributed by atoms with Crippen molar-refractivity contribution in [2.45, 2.75) is 4.90 Å². The first kappa shape index (κ1) is 20.7. The molecule has 1 aliphatic heterocycles. The minimum atomic E-state index is -3.68. The predicted octanol–water partition coefficient (Wildman–Crippen LogP) is 3.31. The summed E-state index contributed by atoms with van der Waals surface area (Å²) in [7, 11) is -3.68. The van der Waals surface area contributed by atoms with Crippen molar-refractivity contribution in [3.05, 3.63) is 52.5 Å². The SMILES string of the molecule is N#C/C(=N\Nc1cc(S(=O)(=O)N2CCOCC2)ccc1Cl)c1nc2ccccc2s1. The molecule has 0 radical (unpaired) electrons. The van der Waals surface area contributed by atoms with Crippen molar-refractivity contribution in [1.29, 1.82) is 5.26 Å². The molecule has 0 amide bonds. The predicted molar refractivity (Wildman–Crippen MR) is 116 cm³/mol. The minimum Gasteiger partial charge on any atom is -0.379 e. The number of thiazole rings is 1. The molecule has 0 saturated carbocycles. The van der Waals surface area contributed by atoms with Gasteiger partial charge in [-0.25, -0.2) is 13.4 Å². The molecule has 1 fully saturated rings. The van der Waals surface area contributed by atoms with Crippen LogP contribution in [0.4, 0.5) is 5.69 Å². The lowest BCUT2D eigenvalue weighted by atomic mass is 10.3. The third kappa shape index (κ3) is 4.16. The molecule has 154 valence electrons. The molecule has 1 aromatic heterocycles. The van der Waals surface area contributed by atoms with Crippen molar-refractivity contribution in [2.24, 2.45) is 5.10 Å². The van der Waals surface area contributed by atoms with Gasteiger partial charge in [-0.05, 0) is 30.3 Å². The topological polar surface area (TPSA) is 108 Å². The second kappa shape index (κ2) is 8.67. The fraction of sp³-hybridized carbons (Fsp3) is 0.211. The van der Waals surface area contributed by atoms with E-state index >= 15 is 0 Å². The summed E-state index contributed by atoms with van der Waals surface area (Å²) in [6.45, 7) is 1.30. The highest BCUT2D eigenvalue weighted by molar-refractivity contribution is 7.89. The molecule has 1 saturated heterocycles. The van der Waals surface area contributed by atoms with Crippen LogP contribution in [0.5, 0.6) is 0 Å². The van der Waals surface area contributed by atoms with Crippen molar-refractivity contribution >= 4 is 54.6 Å². The molecule has 0 bridgehead atoms. The van der Waals surface area contributed by atoms with E-state index in [0.717, 1.165) is 10.2 Å². The normalized spacial score (nSPS) is 15.8. The van der Waals surface area contributed by atoms with Crippen LogP contribution in [0.25, 0.3) is 10.2 Å². The molecule has 30 heavy (non-hydrogen) atoms. The fourth-order valence-electron chi connectivity index (χ4n) is 2.90. The van der Waals surface area contributed by atoms with Gasteiger partial charge in [0.1, 0.15) is 6.07 Å². The largest absolute Gasteiger partial charge is 0.379 e. The van der Waals surface area contributed by atoms with Crippen LogP contribution < -0.4 is 5.43 Å². The van der Waals surface area contributed by atoms with Gasteiger partial charge in [-0.2, -0.15) is 14.7 Å². The van der Waals surface area contributed by atoms with Crippen molar-refractivity contribution in [3.8, 4) is 6.07 Å². The molecule has 1 N–H and O–H groups in total. The van der Waals surface area contributed by atoms with Crippen molar-refractivity contribution < 1.29 is 13.2 Å². The van der Waals surface area contributed by atoms with Gasteiger partial charge in [0, 0.05) is 13.1 Å². The van der Waals surface area contributed by atoms with Gasteiger partial charge >= 0.3 is 0 Å². The van der Waals surface area contributed by atoms with Crippen LogP contribution in [0.2, 0.25) is 5.02 Å². The van der Waals surface area contributed by atoms with Crippen LogP contribution in [-0.4, -0.2) is 49.7 Å². The zero-order valence-electron chi connectivity index (χ0n) is 15.6. The van der Waals surface area contributed by atoms with Gasteiger partial charge in [0.05, 0.1) is 39.0 Å². The number of fused-ring (bicyclic) bond motifs is 1. The molecule has 0 atom stereocenters. The Hall–Kier alpha value is -2.55. The second-order valence-electron chi connectivity index (χ2n) is 6.33. The van der Waals surface area contributed by atoms with E-state index in [1.54, 1.807) is 0 Å². The average Bonchev–Trinajstić information content (AvgIpc) is 3.20. The maximum absolute atomic E-state index is 12.9. The van der Waals surface area contributed by atoms with Crippen LogP contribution in [0.3, 0.4) is 0 Å². The number of nitrogens with one attached hydrogen (secondary N) is 1. The Labute approximate surface area is 182 Å². The van der Waals surface area contributed by atoms with Crippen molar-refractivity contribution in [1.82, 2.24) is 9.29 Å². The van der Waals surface area contributed by atoms with Gasteiger partial charge in [-0.3, -0.25) is 5.43 Å². The van der Waals surface area contributed by atoms with Gasteiger partial charge in [0.25, 0.3) is 0 Å². The summed E-state index contributed by atoms with van der Waals surface area (Å²) in [5.41, 5.74) is 3.84. The highest BCUT2D eigenvalue weighted by Crippen LogP contribution is 2.28. The van der Waals surface area contributed by atoms with E-state index in [-0.39, 0.29) is 21.3 Å². The molecule has 0 spiro atoms. The molecule has 2 heterocycles. The van der Waals surface area contributed by atoms with E-state index in [9.17, 15) is 13.7 Å². The maximum Gasteiger partial charge on any atom is 0.243 e. The van der Waals surface area contributed by atoms with E-state index in [4.69, 9.17) is 16.3 Å². The van der Waals surface area contributed by atoms with Crippen LogP contribution in [0.1, 0.15) is 5.01 Å². The van der Waals surface area contributed by atoms with Gasteiger partial charge in [0.2, 0.25) is 10.0 Å². The Balaban J connectivity index is 1.62. The summed E-state index contributed by atoms with van der Waals surface area (Å²) in [5.74, 6) is 0. The monoisotopic (exact) mass is 461 g/mol. The van der Waals surface area contributed by atoms with Gasteiger partial charge in [-0.1, -0.05) is 23.7 Å². The number of para-hydroxylation sites is 1. The first-order valence-corrected chi connectivity index (χ1v) is 11.6. The molecule has 1 aliphatic rings. The Kier molecular flexibility index (Phi) is 5.99. The lowest BCUT2D eigenvalue weighted by molar-refractivity contribution is 0.0730. The summed E-state index contributed by atoms with van der Waals surface area (Å²) < 4.78 is 33.3. The van der Waals surface area contributed by atoms with Gasteiger partial charge < -0.3 is 4.74 Å². The van der Waals surface area contributed by atoms with E-state index in [1.807, 2.05) is 30.3 Å². The quantitative estimate of drug-likeness (QED) is 0.461. The molecule has 8 nitrogen and oxygen atoms in total. The molecular weight excluding hydrogens is 446 g/mol. The Bertz CT molecular complexity index is 1230. The highest BCUT2D eigenvalue weighted by atomic mass is 35.5. The number of aromatic nitrogens is 1. The lowest BCUT2D eigenvalue weighted by Crippen LogP contribution is -2.40. The number of hydrogen-bond donors (Lipinski definition) is 1. The number of sulfonamides is 1. The van der Waals surface area contributed by atoms with Gasteiger partial charge in [-0.15, -0.1) is 11.3 Å². The molecule has 4 rings (SSSR count). The Morgan fingerprint density at radius 1 is 1.27 bits per heavy atom. The number of nitrogens with zero attached hydrogens (tertiary/aromatic N) is 4. The Morgan fingerprint density at radius 3 is 2.77 bits per heavy atom. The van der Waals surface area contributed by atoms with E-state index in [0.29, 0.717) is 31.3 Å². The molecule has 3 aromatic rings. The zero-order chi connectivity index (χ0) is 21.1. The molecule has 0 unspecified atom stereocenters. The third-order valence-corrected chi connectivity index (χ3v) is 7.70. The average molecular weight is 462 g/mol. The first-order valence-electron chi connectivity index (χ1n) is 8.96. The van der Waals surface area contributed by atoms with Crippen LogP contribution in [0.15, 0.2) is 52.5 Å². The fourth-order valence-corrected chi connectivity index (χ4v) is 5.40. The molecule has 2 aromatic carbocycles. The number of nitriles is 1. The maximum atomic E-state index is 12.9. The third-order valence-electron chi connectivity index (χ3n) is 4.44. The van der Waals surface area contributed by atoms with Gasteiger partial charge in [0.15, 0.2) is 10.7 Å². The lowest BCUT2D eigenvalue weighted by Gasteiger charge is -2.26. The number of hydrogen-bond acceptors (Lipinski definition) is 8. The van der Waals surface area contributed by atoms with Crippen LogP contribution in [0, 0.1) is 11.3 Å². The number of ether oxygens (including phenoxy) is 1. The smallest absolute Gasteiger partial charge is 0.243 e. The molecule has 0 aliphatic carbocycles. The second-order valence-corrected chi connectivity index (χ2v) is 9.70. The molecular formula is C19H16ClN5O3S2. The van der Waals surface area contributed by atoms with Crippen molar-refractivity contribution in [3.63, 3.8) is 0 Å². The summed E-state index contributed by atoms with van der Waals surface area (Å²) in [5, 5.41) is 14.4. The summed E-state index contributed by atoms with van der Waals surface area (Å²) in [4.78, 5) is 4.50. The van der Waals surface area contributed by atoms with Crippen LogP contribution in [-0.2, 0) is 14.8 Å². The first-order chi connectivity index (χ1) is 14.5. The number of benzene rings is 2. The van der Waals surface area contributed by atoms with E-state index in [2.05, 4.69) is 15.5 Å². The van der Waals surface area contributed by atoms with E-state index < -0.39 is 10.0 Å². The van der Waals surface area contributed by atoms with Crippen molar-refractivity contribution in [2.75, 3.05) is 31.7 Å². The summed E-state index contributed by atoms with van der Waals surface area (Å²) >= 11 is 7.56. The number of anilines is 1. The summed E-state index contributed by atoms with van der Waals surface area (Å²) in [6, 6.07) is 13.9. The zero-order valence-corrected chi connectivity index (χ0v) is 18.0. The number of morpholine rings is 1. The highest BCUT2D eigenvalue weighted by Gasteiger charge is 2.27. The number of halogens is 1. The van der Waals surface area contributed by atoms with Crippen LogP contribution >= 0.6 is 22.9 Å². The molecule has 11 heteroatoms. The number of rotatable bonds is 5. The Morgan fingerprint density at radius 2 is 2.03 bits per heavy atom. The number of hydrazone groups is 1. The van der Waals surface area contributed by atoms with E-state index in [1.165, 1.54) is 33.8 Å². The standard InChI is InChI=1S/C19H16ClN5O3S2/c20-14-6-5-13(30(26,27)25-7-9-28-10-8-25)11-16(14)23-24-17(12-21)19-22-15-3-1-2-4-18(15)29-19/h1-6,11,23H,7-10H2/b24-17+. The summed E-state index contributed by atoms with van der Waals surface area (Å²) in [6.07, 6.45) is 0.